The summed E-state index contributed by atoms with van der Waals surface area (Å²) in [6.45, 7) is 0.0706. The van der Waals surface area contributed by atoms with Gasteiger partial charge >= 0.3 is 6.18 Å². The fourth-order valence-electron chi connectivity index (χ4n) is 1.70. The maximum atomic E-state index is 12.4. The second-order valence-corrected chi connectivity index (χ2v) is 3.94. The van der Waals surface area contributed by atoms with Gasteiger partial charge in [-0.05, 0) is 12.1 Å². The molecule has 0 spiro atoms. The van der Waals surface area contributed by atoms with Crippen molar-refractivity contribution in [1.82, 2.24) is 19.9 Å². The lowest BCUT2D eigenvalue weighted by atomic mass is 10.4. The molecule has 104 valence electrons. The van der Waals surface area contributed by atoms with Gasteiger partial charge in [-0.25, -0.2) is 15.0 Å². The van der Waals surface area contributed by atoms with Crippen LogP contribution in [0.5, 0.6) is 0 Å². The average molecular weight is 283 g/mol. The Balaban J connectivity index is 1.76. The Morgan fingerprint density at radius 1 is 1.20 bits per heavy atom. The average Bonchev–Trinajstić information content (AvgIpc) is 3.04. The lowest BCUT2D eigenvalue weighted by Gasteiger charge is -2.04. The molecule has 0 saturated heterocycles. The van der Waals surface area contributed by atoms with Gasteiger partial charge in [0.05, 0.1) is 12.9 Å². The van der Waals surface area contributed by atoms with Crippen molar-refractivity contribution >= 4 is 17.0 Å². The summed E-state index contributed by atoms with van der Waals surface area (Å²) in [5, 5.41) is 2.87. The van der Waals surface area contributed by atoms with E-state index in [2.05, 4.69) is 25.3 Å². The first-order valence-electron chi connectivity index (χ1n) is 5.58. The molecule has 3 aromatic heterocycles. The van der Waals surface area contributed by atoms with Gasteiger partial charge in [-0.3, -0.25) is 0 Å². The molecule has 0 amide bonds. The summed E-state index contributed by atoms with van der Waals surface area (Å²) in [5.74, 6) is -0.426. The van der Waals surface area contributed by atoms with Crippen LogP contribution in [0.4, 0.5) is 19.0 Å². The number of rotatable bonds is 3. The van der Waals surface area contributed by atoms with Crippen LogP contribution in [-0.4, -0.2) is 19.9 Å². The molecule has 0 radical (unpaired) electrons. The maximum absolute atomic E-state index is 12.4. The van der Waals surface area contributed by atoms with Crippen LogP contribution in [-0.2, 0) is 12.7 Å². The number of anilines is 1. The molecule has 6 nitrogen and oxygen atoms in total. The van der Waals surface area contributed by atoms with Gasteiger partial charge in [0.15, 0.2) is 11.5 Å². The van der Waals surface area contributed by atoms with E-state index in [4.69, 9.17) is 4.42 Å². The number of imidazole rings is 1. The lowest BCUT2D eigenvalue weighted by Crippen LogP contribution is -2.03. The Labute approximate surface area is 110 Å². The van der Waals surface area contributed by atoms with Crippen molar-refractivity contribution in [3.8, 4) is 0 Å². The summed E-state index contributed by atoms with van der Waals surface area (Å²) in [7, 11) is 0. The van der Waals surface area contributed by atoms with Gasteiger partial charge in [-0.2, -0.15) is 13.2 Å². The third-order valence-corrected chi connectivity index (χ3v) is 2.59. The SMILES string of the molecule is FC(F)(F)c1ccc(CNc2ncnc3nc[nH]c23)o1. The second kappa shape index (κ2) is 4.51. The van der Waals surface area contributed by atoms with Gasteiger partial charge in [0.2, 0.25) is 5.76 Å². The molecule has 3 heterocycles. The number of nitrogens with zero attached hydrogens (tertiary/aromatic N) is 3. The van der Waals surface area contributed by atoms with Crippen molar-refractivity contribution in [2.45, 2.75) is 12.7 Å². The molecule has 3 rings (SSSR count). The predicted molar refractivity (Wildman–Crippen MR) is 62.7 cm³/mol. The molecule has 0 aliphatic carbocycles. The van der Waals surface area contributed by atoms with Crippen LogP contribution in [0.15, 0.2) is 29.2 Å². The number of aromatic amines is 1. The summed E-state index contributed by atoms with van der Waals surface area (Å²) in [4.78, 5) is 14.7. The molecular weight excluding hydrogens is 275 g/mol. The maximum Gasteiger partial charge on any atom is 0.449 e. The van der Waals surface area contributed by atoms with Crippen LogP contribution < -0.4 is 5.32 Å². The standard InChI is InChI=1S/C11H8F3N5O/c12-11(13,14)7-2-1-6(20-7)3-15-9-8-10(17-4-16-8)19-5-18-9/h1-2,4-5H,3H2,(H2,15,16,17,18,19). The molecule has 0 fully saturated rings. The number of halogens is 3. The summed E-state index contributed by atoms with van der Waals surface area (Å²) < 4.78 is 41.9. The van der Waals surface area contributed by atoms with E-state index in [9.17, 15) is 13.2 Å². The largest absolute Gasteiger partial charge is 0.455 e. The van der Waals surface area contributed by atoms with E-state index < -0.39 is 11.9 Å². The fraction of sp³-hybridized carbons (Fsp3) is 0.182. The highest BCUT2D eigenvalue weighted by atomic mass is 19.4. The van der Waals surface area contributed by atoms with Crippen LogP contribution in [0.2, 0.25) is 0 Å². The van der Waals surface area contributed by atoms with E-state index in [-0.39, 0.29) is 12.3 Å². The number of fused-ring (bicyclic) bond motifs is 1. The van der Waals surface area contributed by atoms with Crippen LogP contribution in [0.25, 0.3) is 11.2 Å². The lowest BCUT2D eigenvalue weighted by molar-refractivity contribution is -0.153. The number of aromatic nitrogens is 4. The number of H-pyrrole nitrogens is 1. The van der Waals surface area contributed by atoms with Gasteiger partial charge in [0.1, 0.15) is 17.6 Å². The van der Waals surface area contributed by atoms with Crippen molar-refractivity contribution < 1.29 is 17.6 Å². The summed E-state index contributed by atoms with van der Waals surface area (Å²) in [6.07, 6.45) is -1.71. The third-order valence-electron chi connectivity index (χ3n) is 2.59. The first-order valence-corrected chi connectivity index (χ1v) is 5.58. The van der Waals surface area contributed by atoms with Gasteiger partial charge in [-0.15, -0.1) is 0 Å². The zero-order valence-electron chi connectivity index (χ0n) is 9.90. The number of hydrogen-bond donors (Lipinski definition) is 2. The van der Waals surface area contributed by atoms with E-state index in [1.54, 1.807) is 0 Å². The monoisotopic (exact) mass is 283 g/mol. The summed E-state index contributed by atoms with van der Waals surface area (Å²) >= 11 is 0. The van der Waals surface area contributed by atoms with E-state index in [1.807, 2.05) is 0 Å². The van der Waals surface area contributed by atoms with Crippen LogP contribution in [0, 0.1) is 0 Å². The zero-order chi connectivity index (χ0) is 14.2. The fourth-order valence-corrected chi connectivity index (χ4v) is 1.70. The van der Waals surface area contributed by atoms with E-state index >= 15 is 0 Å². The zero-order valence-corrected chi connectivity index (χ0v) is 9.90. The topological polar surface area (TPSA) is 79.6 Å². The van der Waals surface area contributed by atoms with Crippen molar-refractivity contribution in [3.63, 3.8) is 0 Å². The van der Waals surface area contributed by atoms with E-state index in [0.29, 0.717) is 17.0 Å². The Bertz CT molecular complexity index is 733. The number of furan rings is 1. The number of hydrogen-bond acceptors (Lipinski definition) is 5. The van der Waals surface area contributed by atoms with E-state index in [0.717, 1.165) is 6.07 Å². The molecule has 20 heavy (non-hydrogen) atoms. The normalized spacial score (nSPS) is 11.9. The van der Waals surface area contributed by atoms with Gasteiger partial charge < -0.3 is 14.7 Å². The Hall–Kier alpha value is -2.58. The third kappa shape index (κ3) is 2.29. The Morgan fingerprint density at radius 3 is 2.80 bits per heavy atom. The minimum absolute atomic E-state index is 0.0706. The highest BCUT2D eigenvalue weighted by Crippen LogP contribution is 2.30. The molecule has 9 heteroatoms. The van der Waals surface area contributed by atoms with Crippen LogP contribution in [0.1, 0.15) is 11.5 Å². The van der Waals surface area contributed by atoms with Crippen molar-refractivity contribution in [3.05, 3.63) is 36.3 Å². The second-order valence-electron chi connectivity index (χ2n) is 3.94. The van der Waals surface area contributed by atoms with Crippen LogP contribution >= 0.6 is 0 Å². The first-order chi connectivity index (χ1) is 9.54. The molecule has 2 N–H and O–H groups in total. The minimum atomic E-state index is -4.48. The molecule has 0 aliphatic heterocycles. The Kier molecular flexibility index (Phi) is 2.81. The number of nitrogens with one attached hydrogen (secondary N) is 2. The Morgan fingerprint density at radius 2 is 2.05 bits per heavy atom. The highest BCUT2D eigenvalue weighted by molar-refractivity contribution is 5.81. The molecule has 0 atom stereocenters. The van der Waals surface area contributed by atoms with Crippen LogP contribution in [0.3, 0.4) is 0 Å². The molecule has 0 aromatic carbocycles. The molecule has 0 saturated carbocycles. The van der Waals surface area contributed by atoms with Crippen molar-refractivity contribution in [1.29, 1.82) is 0 Å². The van der Waals surface area contributed by atoms with Gasteiger partial charge in [-0.1, -0.05) is 0 Å². The smallest absolute Gasteiger partial charge is 0.449 e. The van der Waals surface area contributed by atoms with Gasteiger partial charge in [0.25, 0.3) is 0 Å². The van der Waals surface area contributed by atoms with Crippen molar-refractivity contribution in [2.75, 3.05) is 5.32 Å². The summed E-state index contributed by atoms with van der Waals surface area (Å²) in [5.41, 5.74) is 1.05. The minimum Gasteiger partial charge on any atom is -0.455 e. The van der Waals surface area contributed by atoms with Gasteiger partial charge in [0, 0.05) is 0 Å². The van der Waals surface area contributed by atoms with Crippen molar-refractivity contribution in [2.24, 2.45) is 0 Å². The summed E-state index contributed by atoms with van der Waals surface area (Å²) in [6, 6.07) is 2.16. The number of alkyl halides is 3. The highest BCUT2D eigenvalue weighted by Gasteiger charge is 2.34. The molecule has 0 bridgehead atoms. The first kappa shape index (κ1) is 12.5. The molecule has 0 unspecified atom stereocenters. The quantitative estimate of drug-likeness (QED) is 0.772. The predicted octanol–water partition coefficient (Wildman–Crippen LogP) is 2.58. The van der Waals surface area contributed by atoms with E-state index in [1.165, 1.54) is 18.7 Å². The molecular formula is C11H8F3N5O. The molecule has 3 aromatic rings. The molecule has 0 aliphatic rings.